The van der Waals surface area contributed by atoms with Crippen molar-refractivity contribution in [2.24, 2.45) is 5.92 Å². The highest BCUT2D eigenvalue weighted by Gasteiger charge is 2.32. The zero-order valence-electron chi connectivity index (χ0n) is 14.6. The lowest BCUT2D eigenvalue weighted by atomic mass is 9.97. The lowest BCUT2D eigenvalue weighted by Crippen LogP contribution is -2.41. The number of hydrogen-bond donors (Lipinski definition) is 2. The Hall–Kier alpha value is -2.38. The molecule has 1 aliphatic rings. The Morgan fingerprint density at radius 3 is 2.38 bits per heavy atom. The minimum Gasteiger partial charge on any atom is -0.506 e. The number of sulfonamides is 1. The van der Waals surface area contributed by atoms with E-state index in [2.05, 4.69) is 5.32 Å². The lowest BCUT2D eigenvalue weighted by molar-refractivity contribution is -0.120. The van der Waals surface area contributed by atoms with Crippen molar-refractivity contribution >= 4 is 21.6 Å². The summed E-state index contributed by atoms with van der Waals surface area (Å²) < 4.78 is 26.7. The van der Waals surface area contributed by atoms with Crippen LogP contribution in [-0.2, 0) is 14.8 Å². The van der Waals surface area contributed by atoms with Gasteiger partial charge in [-0.15, -0.1) is 0 Å². The van der Waals surface area contributed by atoms with Crippen molar-refractivity contribution in [1.82, 2.24) is 4.31 Å². The number of aromatic hydroxyl groups is 1. The molecule has 0 unspecified atom stereocenters. The van der Waals surface area contributed by atoms with E-state index in [0.717, 1.165) is 5.56 Å². The van der Waals surface area contributed by atoms with E-state index in [1.807, 2.05) is 13.0 Å². The molecular weight excluding hydrogens is 352 g/mol. The lowest BCUT2D eigenvalue weighted by Gasteiger charge is -2.30. The van der Waals surface area contributed by atoms with Gasteiger partial charge in [0, 0.05) is 19.0 Å². The number of nitrogens with one attached hydrogen (secondary N) is 1. The van der Waals surface area contributed by atoms with Crippen LogP contribution < -0.4 is 5.32 Å². The highest BCUT2D eigenvalue weighted by atomic mass is 32.2. The molecule has 0 spiro atoms. The molecule has 26 heavy (non-hydrogen) atoms. The van der Waals surface area contributed by atoms with Gasteiger partial charge < -0.3 is 10.4 Å². The summed E-state index contributed by atoms with van der Waals surface area (Å²) in [6.07, 6.45) is 0.898. The summed E-state index contributed by atoms with van der Waals surface area (Å²) in [6.45, 7) is 2.46. The van der Waals surface area contributed by atoms with Crippen molar-refractivity contribution in [3.05, 3.63) is 54.1 Å². The number of phenols is 1. The van der Waals surface area contributed by atoms with Crippen molar-refractivity contribution in [3.63, 3.8) is 0 Å². The van der Waals surface area contributed by atoms with Crippen LogP contribution in [0.4, 0.5) is 5.69 Å². The third kappa shape index (κ3) is 3.89. The Morgan fingerprint density at radius 1 is 1.12 bits per heavy atom. The molecule has 0 aliphatic carbocycles. The summed E-state index contributed by atoms with van der Waals surface area (Å²) in [6, 6.07) is 13.4. The maximum atomic E-state index is 12.6. The molecule has 3 rings (SSSR count). The molecule has 1 amide bonds. The van der Waals surface area contributed by atoms with E-state index in [9.17, 15) is 18.3 Å². The van der Waals surface area contributed by atoms with Gasteiger partial charge in [0.25, 0.3) is 0 Å². The predicted molar refractivity (Wildman–Crippen MR) is 99.4 cm³/mol. The number of piperidine rings is 1. The minimum atomic E-state index is -3.52. The second kappa shape index (κ2) is 7.47. The summed E-state index contributed by atoms with van der Waals surface area (Å²) in [4.78, 5) is 12.7. The number of aryl methyl sites for hydroxylation is 1. The summed E-state index contributed by atoms with van der Waals surface area (Å²) in [5.41, 5.74) is 1.28. The molecule has 2 aromatic carbocycles. The fourth-order valence-electron chi connectivity index (χ4n) is 3.08. The number of nitrogens with zero attached hydrogens (tertiary/aromatic N) is 1. The maximum Gasteiger partial charge on any atom is 0.243 e. The third-order valence-electron chi connectivity index (χ3n) is 4.62. The third-order valence-corrected chi connectivity index (χ3v) is 6.53. The molecule has 2 aromatic rings. The fraction of sp³-hybridized carbons (Fsp3) is 0.316. The van der Waals surface area contributed by atoms with Gasteiger partial charge >= 0.3 is 0 Å². The van der Waals surface area contributed by atoms with Gasteiger partial charge in [-0.1, -0.05) is 24.3 Å². The molecule has 2 N–H and O–H groups in total. The predicted octanol–water partition coefficient (Wildman–Crippen LogP) is 2.74. The number of amides is 1. The molecule has 1 heterocycles. The molecule has 7 heteroatoms. The standard InChI is InChI=1S/C19H22N2O4S/c1-14-7-8-17(18(22)13-14)20-19(23)15-9-11-21(12-10-15)26(24,25)16-5-3-2-4-6-16/h2-8,13,15,22H,9-12H2,1H3,(H,20,23). The molecular formula is C19H22N2O4S. The first-order valence-corrected chi connectivity index (χ1v) is 9.97. The summed E-state index contributed by atoms with van der Waals surface area (Å²) in [5, 5.41) is 12.6. The van der Waals surface area contributed by atoms with Crippen LogP contribution in [0.25, 0.3) is 0 Å². The van der Waals surface area contributed by atoms with Gasteiger partial charge in [-0.25, -0.2) is 8.42 Å². The Morgan fingerprint density at radius 2 is 1.77 bits per heavy atom. The molecule has 0 radical (unpaired) electrons. The minimum absolute atomic E-state index is 0.0300. The Kier molecular flexibility index (Phi) is 5.29. The monoisotopic (exact) mass is 374 g/mol. The molecule has 1 fully saturated rings. The van der Waals surface area contributed by atoms with E-state index < -0.39 is 10.0 Å². The molecule has 6 nitrogen and oxygen atoms in total. The quantitative estimate of drug-likeness (QED) is 0.806. The number of carbonyl (C=O) groups is 1. The zero-order chi connectivity index (χ0) is 18.7. The average molecular weight is 374 g/mol. The summed E-state index contributed by atoms with van der Waals surface area (Å²) in [7, 11) is -3.52. The number of hydrogen-bond acceptors (Lipinski definition) is 4. The van der Waals surface area contributed by atoms with Gasteiger partial charge in [0.15, 0.2) is 0 Å². The van der Waals surface area contributed by atoms with E-state index in [1.165, 1.54) is 4.31 Å². The van der Waals surface area contributed by atoms with Crippen LogP contribution in [0, 0.1) is 12.8 Å². The van der Waals surface area contributed by atoms with Crippen LogP contribution in [0.1, 0.15) is 18.4 Å². The molecule has 0 bridgehead atoms. The molecule has 1 aliphatic heterocycles. The zero-order valence-corrected chi connectivity index (χ0v) is 15.4. The van der Waals surface area contributed by atoms with Crippen LogP contribution in [0.2, 0.25) is 0 Å². The average Bonchev–Trinajstić information content (AvgIpc) is 2.65. The number of benzene rings is 2. The van der Waals surface area contributed by atoms with Gasteiger partial charge in [0.1, 0.15) is 5.75 Å². The molecule has 138 valence electrons. The Labute approximate surface area is 153 Å². The highest BCUT2D eigenvalue weighted by molar-refractivity contribution is 7.89. The molecule has 0 saturated carbocycles. The van der Waals surface area contributed by atoms with Gasteiger partial charge in [-0.2, -0.15) is 4.31 Å². The molecule has 1 saturated heterocycles. The number of phenolic OH excluding ortho intramolecular Hbond substituents is 1. The molecule has 0 aromatic heterocycles. The van der Waals surface area contributed by atoms with Gasteiger partial charge in [0.2, 0.25) is 15.9 Å². The van der Waals surface area contributed by atoms with Gasteiger partial charge in [0.05, 0.1) is 10.6 Å². The Bertz CT molecular complexity index is 889. The summed E-state index contributed by atoms with van der Waals surface area (Å²) in [5.74, 6) is -0.443. The number of carbonyl (C=O) groups excluding carboxylic acids is 1. The second-order valence-electron chi connectivity index (χ2n) is 6.50. The second-order valence-corrected chi connectivity index (χ2v) is 8.44. The Balaban J connectivity index is 1.62. The van der Waals surface area contributed by atoms with E-state index in [-0.39, 0.29) is 22.5 Å². The SMILES string of the molecule is Cc1ccc(NC(=O)C2CCN(S(=O)(=O)c3ccccc3)CC2)c(O)c1. The first-order chi connectivity index (χ1) is 12.4. The van der Waals surface area contributed by atoms with Crippen LogP contribution in [-0.4, -0.2) is 36.8 Å². The van der Waals surface area contributed by atoms with Crippen LogP contribution in [0.15, 0.2) is 53.4 Å². The van der Waals surface area contributed by atoms with Crippen molar-refractivity contribution in [1.29, 1.82) is 0 Å². The topological polar surface area (TPSA) is 86.7 Å². The van der Waals surface area contributed by atoms with E-state index in [1.54, 1.807) is 42.5 Å². The maximum absolute atomic E-state index is 12.6. The van der Waals surface area contributed by atoms with E-state index in [4.69, 9.17) is 0 Å². The van der Waals surface area contributed by atoms with Crippen LogP contribution in [0.3, 0.4) is 0 Å². The fourth-order valence-corrected chi connectivity index (χ4v) is 4.57. The van der Waals surface area contributed by atoms with Crippen molar-refractivity contribution in [2.45, 2.75) is 24.7 Å². The highest BCUT2D eigenvalue weighted by Crippen LogP contribution is 2.27. The van der Waals surface area contributed by atoms with Crippen LogP contribution >= 0.6 is 0 Å². The van der Waals surface area contributed by atoms with Gasteiger partial charge in [-0.3, -0.25) is 4.79 Å². The normalized spacial score (nSPS) is 16.3. The number of anilines is 1. The largest absolute Gasteiger partial charge is 0.506 e. The van der Waals surface area contributed by atoms with E-state index in [0.29, 0.717) is 31.6 Å². The van der Waals surface area contributed by atoms with Crippen molar-refractivity contribution in [3.8, 4) is 5.75 Å². The number of rotatable bonds is 4. The first-order valence-electron chi connectivity index (χ1n) is 8.53. The molecule has 0 atom stereocenters. The van der Waals surface area contributed by atoms with Crippen molar-refractivity contribution < 1.29 is 18.3 Å². The van der Waals surface area contributed by atoms with Crippen molar-refractivity contribution in [2.75, 3.05) is 18.4 Å². The van der Waals surface area contributed by atoms with Gasteiger partial charge in [-0.05, 0) is 49.6 Å². The van der Waals surface area contributed by atoms with E-state index >= 15 is 0 Å². The van der Waals surface area contributed by atoms with Crippen LogP contribution in [0.5, 0.6) is 5.75 Å². The first kappa shape index (κ1) is 18.4. The smallest absolute Gasteiger partial charge is 0.243 e. The summed E-state index contributed by atoms with van der Waals surface area (Å²) >= 11 is 0.